The summed E-state index contributed by atoms with van der Waals surface area (Å²) in [4.78, 5) is 0. The standard InChI is InChI=1S/C39H36Cl8O4/c1-37(2,19-3-7-38(8-4-19,21-11-25(40)33(48)26(41)12-21)22-13-27(42)34(49)28(43)14-22)20-5-9-39(10-6-20,23-15-29(44)35(50)30(45)16-23)24-17-31(46)36(51)32(47)18-24/h11-20,48-51H,3-10H2,1-2H3. The Morgan fingerprint density at radius 2 is 0.588 bits per heavy atom. The zero-order valence-electron chi connectivity index (χ0n) is 27.7. The van der Waals surface area contributed by atoms with E-state index in [-0.39, 0.29) is 68.6 Å². The summed E-state index contributed by atoms with van der Waals surface area (Å²) in [5, 5.41) is 42.8. The molecular weight excluding hydrogens is 816 g/mol. The third-order valence-electron chi connectivity index (χ3n) is 12.1. The molecule has 0 amide bonds. The lowest BCUT2D eigenvalue weighted by atomic mass is 9.53. The van der Waals surface area contributed by atoms with Gasteiger partial charge in [-0.1, -0.05) is 107 Å². The van der Waals surface area contributed by atoms with E-state index in [4.69, 9.17) is 92.8 Å². The highest BCUT2D eigenvalue weighted by atomic mass is 35.5. The maximum atomic E-state index is 10.4. The largest absolute Gasteiger partial charge is 0.505 e. The van der Waals surface area contributed by atoms with Crippen molar-refractivity contribution in [1.29, 1.82) is 0 Å². The zero-order valence-corrected chi connectivity index (χ0v) is 33.8. The van der Waals surface area contributed by atoms with Gasteiger partial charge >= 0.3 is 0 Å². The molecule has 0 bridgehead atoms. The van der Waals surface area contributed by atoms with E-state index in [0.29, 0.717) is 11.8 Å². The number of phenols is 4. The van der Waals surface area contributed by atoms with Crippen molar-refractivity contribution in [3.8, 4) is 23.0 Å². The molecule has 51 heavy (non-hydrogen) atoms. The van der Waals surface area contributed by atoms with Crippen molar-refractivity contribution < 1.29 is 20.4 Å². The monoisotopic (exact) mass is 848 g/mol. The van der Waals surface area contributed by atoms with E-state index in [0.717, 1.165) is 73.6 Å². The van der Waals surface area contributed by atoms with Gasteiger partial charge in [-0.3, -0.25) is 0 Å². The van der Waals surface area contributed by atoms with Crippen LogP contribution in [0.3, 0.4) is 0 Å². The Bertz CT molecular complexity index is 1640. The number of benzene rings is 4. The van der Waals surface area contributed by atoms with Crippen LogP contribution in [0.5, 0.6) is 23.0 Å². The number of aromatic hydroxyl groups is 4. The molecule has 2 saturated carbocycles. The molecule has 0 unspecified atom stereocenters. The molecular formula is C39H36Cl8O4. The highest BCUT2D eigenvalue weighted by Crippen LogP contribution is 2.59. The molecule has 2 fully saturated rings. The predicted molar refractivity (Wildman–Crippen MR) is 212 cm³/mol. The van der Waals surface area contributed by atoms with Crippen LogP contribution in [0, 0.1) is 17.3 Å². The average molecular weight is 852 g/mol. The van der Waals surface area contributed by atoms with Crippen LogP contribution in [-0.2, 0) is 10.8 Å². The summed E-state index contributed by atoms with van der Waals surface area (Å²) in [5.74, 6) is 0.0484. The molecule has 2 aliphatic rings. The van der Waals surface area contributed by atoms with Gasteiger partial charge in [-0.15, -0.1) is 0 Å². The number of hydrogen-bond acceptors (Lipinski definition) is 4. The van der Waals surface area contributed by atoms with Crippen LogP contribution in [0.1, 0.15) is 87.5 Å². The topological polar surface area (TPSA) is 80.9 Å². The Morgan fingerprint density at radius 1 is 0.412 bits per heavy atom. The minimum absolute atomic E-state index is 0.0543. The Kier molecular flexibility index (Phi) is 11.2. The highest BCUT2D eigenvalue weighted by molar-refractivity contribution is 6.39. The van der Waals surface area contributed by atoms with Crippen LogP contribution in [0.15, 0.2) is 48.5 Å². The molecule has 4 nitrogen and oxygen atoms in total. The Hall–Kier alpha value is -1.60. The number of halogens is 8. The van der Waals surface area contributed by atoms with Crippen LogP contribution in [0.25, 0.3) is 0 Å². The number of rotatable bonds is 6. The molecule has 0 saturated heterocycles. The van der Waals surface area contributed by atoms with E-state index in [1.54, 1.807) is 48.5 Å². The predicted octanol–water partition coefficient (Wildman–Crippen LogP) is 14.4. The van der Waals surface area contributed by atoms with Gasteiger partial charge in [0.25, 0.3) is 0 Å². The fourth-order valence-corrected chi connectivity index (χ4v) is 10.8. The van der Waals surface area contributed by atoms with Gasteiger partial charge in [-0.05, 0) is 139 Å². The second-order valence-electron chi connectivity index (χ2n) is 14.7. The molecule has 4 aromatic carbocycles. The molecule has 0 spiro atoms. The van der Waals surface area contributed by atoms with E-state index in [2.05, 4.69) is 13.8 Å². The summed E-state index contributed by atoms with van der Waals surface area (Å²) in [7, 11) is 0. The summed E-state index contributed by atoms with van der Waals surface area (Å²) in [6.45, 7) is 4.71. The maximum absolute atomic E-state index is 10.4. The van der Waals surface area contributed by atoms with Gasteiger partial charge in [0.05, 0.1) is 40.2 Å². The summed E-state index contributed by atoms with van der Waals surface area (Å²) < 4.78 is 0. The van der Waals surface area contributed by atoms with Crippen molar-refractivity contribution in [1.82, 2.24) is 0 Å². The Labute approximate surface area is 338 Å². The van der Waals surface area contributed by atoms with E-state index in [1.165, 1.54) is 0 Å². The first-order valence-corrected chi connectivity index (χ1v) is 19.7. The second-order valence-corrected chi connectivity index (χ2v) is 17.9. The minimum Gasteiger partial charge on any atom is -0.505 e. The SMILES string of the molecule is CC(C)(C1CCC(c2cc(Cl)c(O)c(Cl)c2)(c2cc(Cl)c(O)c(Cl)c2)CC1)C1CCC(c2cc(Cl)c(O)c(Cl)c2)(c2cc(Cl)c(O)c(Cl)c2)CC1. The fraction of sp³-hybridized carbons (Fsp3) is 0.385. The first kappa shape index (κ1) is 39.1. The van der Waals surface area contributed by atoms with Crippen LogP contribution in [0.4, 0.5) is 0 Å². The molecule has 0 atom stereocenters. The lowest BCUT2D eigenvalue weighted by Gasteiger charge is -2.52. The summed E-state index contributed by atoms with van der Waals surface area (Å²) in [5.41, 5.74) is 2.22. The molecule has 0 aliphatic heterocycles. The van der Waals surface area contributed by atoms with Crippen molar-refractivity contribution in [2.24, 2.45) is 17.3 Å². The van der Waals surface area contributed by atoms with Crippen LogP contribution in [-0.4, -0.2) is 20.4 Å². The Balaban J connectivity index is 1.31. The molecule has 2 aliphatic carbocycles. The first-order valence-electron chi connectivity index (χ1n) is 16.6. The average Bonchev–Trinajstić information content (AvgIpc) is 3.09. The Morgan fingerprint density at radius 3 is 0.765 bits per heavy atom. The van der Waals surface area contributed by atoms with Gasteiger partial charge in [0.2, 0.25) is 0 Å². The van der Waals surface area contributed by atoms with Gasteiger partial charge in [-0.2, -0.15) is 0 Å². The molecule has 4 N–H and O–H groups in total. The molecule has 6 rings (SSSR count). The van der Waals surface area contributed by atoms with Crippen molar-refractivity contribution in [2.45, 2.75) is 76.0 Å². The third kappa shape index (κ3) is 6.96. The molecule has 12 heteroatoms. The normalized spacial score (nSPS) is 18.2. The lowest BCUT2D eigenvalue weighted by molar-refractivity contribution is 0.0364. The van der Waals surface area contributed by atoms with Crippen molar-refractivity contribution >= 4 is 92.8 Å². The fourth-order valence-electron chi connectivity index (χ4n) is 8.90. The van der Waals surface area contributed by atoms with E-state index >= 15 is 0 Å². The van der Waals surface area contributed by atoms with E-state index in [1.807, 2.05) is 0 Å². The van der Waals surface area contributed by atoms with E-state index in [9.17, 15) is 20.4 Å². The molecule has 0 heterocycles. The van der Waals surface area contributed by atoms with Gasteiger partial charge in [0.1, 0.15) is 0 Å². The highest BCUT2D eigenvalue weighted by Gasteiger charge is 2.49. The van der Waals surface area contributed by atoms with Crippen molar-refractivity contribution in [3.05, 3.63) is 111 Å². The van der Waals surface area contributed by atoms with Gasteiger partial charge in [-0.25, -0.2) is 0 Å². The number of phenolic OH excluding ortho intramolecular Hbond substituents is 4. The maximum Gasteiger partial charge on any atom is 0.152 e. The first-order chi connectivity index (χ1) is 23.9. The number of hydrogen-bond donors (Lipinski definition) is 4. The molecule has 272 valence electrons. The smallest absolute Gasteiger partial charge is 0.152 e. The molecule has 0 radical (unpaired) electrons. The van der Waals surface area contributed by atoms with Crippen molar-refractivity contribution in [3.63, 3.8) is 0 Å². The lowest BCUT2D eigenvalue weighted by Crippen LogP contribution is -2.43. The quantitative estimate of drug-likeness (QED) is 0.156. The summed E-state index contributed by atoms with van der Waals surface area (Å²) in [6.07, 6.45) is 6.48. The summed E-state index contributed by atoms with van der Waals surface area (Å²) in [6, 6.07) is 14.1. The summed E-state index contributed by atoms with van der Waals surface area (Å²) >= 11 is 51.7. The van der Waals surface area contributed by atoms with E-state index < -0.39 is 10.8 Å². The van der Waals surface area contributed by atoms with Crippen LogP contribution in [0.2, 0.25) is 40.2 Å². The van der Waals surface area contributed by atoms with Gasteiger partial charge < -0.3 is 20.4 Å². The molecule has 4 aromatic rings. The van der Waals surface area contributed by atoms with Crippen LogP contribution >= 0.6 is 92.8 Å². The third-order valence-corrected chi connectivity index (χ3v) is 14.4. The second kappa shape index (κ2) is 14.6. The van der Waals surface area contributed by atoms with Gasteiger partial charge in [0, 0.05) is 10.8 Å². The van der Waals surface area contributed by atoms with Crippen LogP contribution < -0.4 is 0 Å². The van der Waals surface area contributed by atoms with Gasteiger partial charge in [0.15, 0.2) is 23.0 Å². The minimum atomic E-state index is -0.564. The van der Waals surface area contributed by atoms with Crippen molar-refractivity contribution in [2.75, 3.05) is 0 Å². The zero-order chi connectivity index (χ0) is 37.2. The molecule has 0 aromatic heterocycles.